The maximum atomic E-state index is 11.3. The van der Waals surface area contributed by atoms with Crippen LogP contribution >= 0.6 is 0 Å². The van der Waals surface area contributed by atoms with Crippen LogP contribution in [0.5, 0.6) is 5.75 Å². The molecular weight excluding hydrogens is 240 g/mol. The summed E-state index contributed by atoms with van der Waals surface area (Å²) in [6, 6.07) is 1.98. The molecular formula is C16H22O3. The first-order chi connectivity index (χ1) is 8.99. The molecule has 1 aliphatic rings. The maximum absolute atomic E-state index is 11.3. The normalized spacial score (nSPS) is 23.8. The highest BCUT2D eigenvalue weighted by Crippen LogP contribution is 2.40. The second kappa shape index (κ2) is 5.33. The van der Waals surface area contributed by atoms with Gasteiger partial charge in [0.2, 0.25) is 0 Å². The van der Waals surface area contributed by atoms with Crippen molar-refractivity contribution in [3.63, 3.8) is 0 Å². The van der Waals surface area contributed by atoms with Crippen molar-refractivity contribution in [3.05, 3.63) is 28.3 Å². The Kier molecular flexibility index (Phi) is 3.95. The van der Waals surface area contributed by atoms with Crippen molar-refractivity contribution in [1.29, 1.82) is 0 Å². The van der Waals surface area contributed by atoms with Crippen LogP contribution in [0.3, 0.4) is 0 Å². The molecule has 2 rings (SSSR count). The predicted molar refractivity (Wildman–Crippen MR) is 74.4 cm³/mol. The highest BCUT2D eigenvalue weighted by molar-refractivity contribution is 5.66. The van der Waals surface area contributed by atoms with E-state index in [1.54, 1.807) is 0 Å². The average molecular weight is 262 g/mol. The third kappa shape index (κ3) is 2.39. The number of hydrogen-bond acceptors (Lipinski definition) is 3. The summed E-state index contributed by atoms with van der Waals surface area (Å²) in [4.78, 5) is 11.3. The number of carbonyl (C=O) groups excluding carboxylic acids is 1. The van der Waals surface area contributed by atoms with Crippen molar-refractivity contribution >= 4 is 6.29 Å². The summed E-state index contributed by atoms with van der Waals surface area (Å²) in [5, 5.41) is 10.2. The summed E-state index contributed by atoms with van der Waals surface area (Å²) in [6.45, 7) is 8.15. The van der Waals surface area contributed by atoms with Gasteiger partial charge in [-0.05, 0) is 42.9 Å². The zero-order valence-electron chi connectivity index (χ0n) is 12.1. The van der Waals surface area contributed by atoms with Gasteiger partial charge in [0, 0.05) is 5.56 Å². The number of aryl methyl sites for hydroxylation is 2. The number of benzene rings is 1. The summed E-state index contributed by atoms with van der Waals surface area (Å²) < 4.78 is 5.88. The van der Waals surface area contributed by atoms with Gasteiger partial charge in [0.15, 0.2) is 6.29 Å². The Balaban J connectivity index is 2.51. The molecule has 0 aromatic heterocycles. The topological polar surface area (TPSA) is 46.5 Å². The Bertz CT molecular complexity index is 493. The molecule has 0 spiro atoms. The van der Waals surface area contributed by atoms with Gasteiger partial charge in [0.05, 0.1) is 6.10 Å². The van der Waals surface area contributed by atoms with Crippen molar-refractivity contribution in [1.82, 2.24) is 0 Å². The van der Waals surface area contributed by atoms with Crippen molar-refractivity contribution in [2.75, 3.05) is 0 Å². The van der Waals surface area contributed by atoms with E-state index in [9.17, 15) is 9.90 Å². The van der Waals surface area contributed by atoms with Gasteiger partial charge in [0.25, 0.3) is 0 Å². The van der Waals surface area contributed by atoms with Crippen LogP contribution in [0.1, 0.15) is 48.6 Å². The first-order valence-electron chi connectivity index (χ1n) is 6.92. The van der Waals surface area contributed by atoms with E-state index < -0.39 is 6.10 Å². The highest BCUT2D eigenvalue weighted by atomic mass is 16.5. The smallest absolute Gasteiger partial charge is 0.153 e. The molecule has 0 saturated carbocycles. The third-order valence-corrected chi connectivity index (χ3v) is 4.28. The molecule has 0 aliphatic carbocycles. The van der Waals surface area contributed by atoms with Gasteiger partial charge in [-0.2, -0.15) is 0 Å². The fourth-order valence-corrected chi connectivity index (χ4v) is 2.83. The molecule has 3 heteroatoms. The second-order valence-corrected chi connectivity index (χ2v) is 5.57. The molecule has 3 nitrogen and oxygen atoms in total. The molecule has 1 heterocycles. The Hall–Kier alpha value is -1.35. The SMILES string of the molecule is CCC(C)C1Cc2c(C)cc(C)c(O)c2C(C=O)O1. The van der Waals surface area contributed by atoms with E-state index in [1.807, 2.05) is 19.9 Å². The van der Waals surface area contributed by atoms with E-state index >= 15 is 0 Å². The van der Waals surface area contributed by atoms with Crippen LogP contribution in [0.2, 0.25) is 0 Å². The van der Waals surface area contributed by atoms with Crippen LogP contribution in [0.15, 0.2) is 6.07 Å². The van der Waals surface area contributed by atoms with Crippen molar-refractivity contribution in [2.24, 2.45) is 5.92 Å². The molecule has 0 amide bonds. The van der Waals surface area contributed by atoms with Gasteiger partial charge in [-0.3, -0.25) is 0 Å². The number of rotatable bonds is 3. The molecule has 1 aliphatic heterocycles. The second-order valence-electron chi connectivity index (χ2n) is 5.57. The minimum Gasteiger partial charge on any atom is -0.507 e. The summed E-state index contributed by atoms with van der Waals surface area (Å²) in [6.07, 6.45) is 2.00. The molecule has 1 aromatic carbocycles. The summed E-state index contributed by atoms with van der Waals surface area (Å²) in [5.74, 6) is 0.610. The van der Waals surface area contributed by atoms with Crippen molar-refractivity contribution < 1.29 is 14.6 Å². The predicted octanol–water partition coefficient (Wildman–Crippen LogP) is 3.24. The molecule has 0 radical (unpaired) electrons. The van der Waals surface area contributed by atoms with E-state index in [-0.39, 0.29) is 11.9 Å². The van der Waals surface area contributed by atoms with Crippen LogP contribution in [0.4, 0.5) is 0 Å². The van der Waals surface area contributed by atoms with Gasteiger partial charge >= 0.3 is 0 Å². The number of hydrogen-bond donors (Lipinski definition) is 1. The van der Waals surface area contributed by atoms with Crippen LogP contribution < -0.4 is 0 Å². The number of aromatic hydroxyl groups is 1. The molecule has 3 atom stereocenters. The van der Waals surface area contributed by atoms with E-state index in [4.69, 9.17) is 4.74 Å². The zero-order valence-corrected chi connectivity index (χ0v) is 12.1. The Labute approximate surface area is 114 Å². The first-order valence-corrected chi connectivity index (χ1v) is 6.92. The lowest BCUT2D eigenvalue weighted by Gasteiger charge is -2.34. The molecule has 0 fully saturated rings. The van der Waals surface area contributed by atoms with Crippen LogP contribution in [-0.2, 0) is 16.0 Å². The van der Waals surface area contributed by atoms with Gasteiger partial charge in [-0.25, -0.2) is 0 Å². The highest BCUT2D eigenvalue weighted by Gasteiger charge is 2.33. The fourth-order valence-electron chi connectivity index (χ4n) is 2.83. The van der Waals surface area contributed by atoms with Crippen LogP contribution in [0.25, 0.3) is 0 Å². The minimum atomic E-state index is -0.638. The first kappa shape index (κ1) is 14.1. The monoisotopic (exact) mass is 262 g/mol. The zero-order chi connectivity index (χ0) is 14.2. The molecule has 0 bridgehead atoms. The number of ether oxygens (including phenoxy) is 1. The van der Waals surface area contributed by atoms with E-state index in [1.165, 1.54) is 0 Å². The molecule has 0 saturated heterocycles. The Morgan fingerprint density at radius 3 is 2.74 bits per heavy atom. The Morgan fingerprint density at radius 1 is 1.47 bits per heavy atom. The number of fused-ring (bicyclic) bond motifs is 1. The van der Waals surface area contributed by atoms with Gasteiger partial charge < -0.3 is 14.6 Å². The van der Waals surface area contributed by atoms with E-state index in [0.29, 0.717) is 11.5 Å². The summed E-state index contributed by atoms with van der Waals surface area (Å²) >= 11 is 0. The maximum Gasteiger partial charge on any atom is 0.153 e. The molecule has 104 valence electrons. The standard InChI is InChI=1S/C16H22O3/c1-5-9(2)13-7-12-10(3)6-11(4)16(18)15(12)14(8-17)19-13/h6,8-9,13-14,18H,5,7H2,1-4H3. The molecule has 1 N–H and O–H groups in total. The summed E-state index contributed by atoms with van der Waals surface area (Å²) in [5.41, 5.74) is 3.69. The number of aldehydes is 1. The van der Waals surface area contributed by atoms with Gasteiger partial charge in [-0.1, -0.05) is 26.3 Å². The van der Waals surface area contributed by atoms with Crippen LogP contribution in [0, 0.1) is 19.8 Å². The lowest BCUT2D eigenvalue weighted by atomic mass is 9.84. The van der Waals surface area contributed by atoms with Crippen LogP contribution in [-0.4, -0.2) is 17.5 Å². The fraction of sp³-hybridized carbons (Fsp3) is 0.562. The molecule has 3 unspecified atom stereocenters. The number of carbonyl (C=O) groups is 1. The molecule has 1 aromatic rings. The van der Waals surface area contributed by atoms with E-state index in [2.05, 4.69) is 13.8 Å². The minimum absolute atomic E-state index is 0.0495. The van der Waals surface area contributed by atoms with E-state index in [0.717, 1.165) is 35.8 Å². The largest absolute Gasteiger partial charge is 0.507 e. The van der Waals surface area contributed by atoms with Crippen molar-refractivity contribution in [2.45, 2.75) is 52.7 Å². The summed E-state index contributed by atoms with van der Waals surface area (Å²) in [7, 11) is 0. The van der Waals surface area contributed by atoms with Gasteiger partial charge in [0.1, 0.15) is 11.9 Å². The van der Waals surface area contributed by atoms with Crippen molar-refractivity contribution in [3.8, 4) is 5.75 Å². The Morgan fingerprint density at radius 2 is 2.16 bits per heavy atom. The quantitative estimate of drug-likeness (QED) is 0.851. The number of phenolic OH excluding ortho intramolecular Hbond substituents is 1. The lowest BCUT2D eigenvalue weighted by molar-refractivity contribution is -0.126. The average Bonchev–Trinajstić information content (AvgIpc) is 2.42. The molecule has 19 heavy (non-hydrogen) atoms. The lowest BCUT2D eigenvalue weighted by Crippen LogP contribution is -2.32. The number of phenols is 1. The van der Waals surface area contributed by atoms with Gasteiger partial charge in [-0.15, -0.1) is 0 Å². The third-order valence-electron chi connectivity index (χ3n) is 4.28.